The summed E-state index contributed by atoms with van der Waals surface area (Å²) in [4.78, 5) is 7.10. The van der Waals surface area contributed by atoms with Crippen molar-refractivity contribution in [2.24, 2.45) is 0 Å². The quantitative estimate of drug-likeness (QED) is 0.806. The Kier molecular flexibility index (Phi) is 4.33. The van der Waals surface area contributed by atoms with Crippen LogP contribution >= 0.6 is 0 Å². The van der Waals surface area contributed by atoms with Gasteiger partial charge in [0.05, 0.1) is 12.3 Å². The smallest absolute Gasteiger partial charge is 0.129 e. The summed E-state index contributed by atoms with van der Waals surface area (Å²) in [6.07, 6.45) is 5.97. The number of nitrogens with one attached hydrogen (secondary N) is 1. The highest BCUT2D eigenvalue weighted by atomic mass is 16.5. The summed E-state index contributed by atoms with van der Waals surface area (Å²) in [6.45, 7) is 3.61. The first-order chi connectivity index (χ1) is 9.85. The van der Waals surface area contributed by atoms with Crippen molar-refractivity contribution in [3.8, 4) is 0 Å². The van der Waals surface area contributed by atoms with Crippen LogP contribution in [0, 0.1) is 0 Å². The fourth-order valence-corrected chi connectivity index (χ4v) is 2.51. The van der Waals surface area contributed by atoms with Gasteiger partial charge in [0.2, 0.25) is 0 Å². The molecule has 1 aromatic heterocycles. The number of rotatable bonds is 6. The van der Waals surface area contributed by atoms with E-state index in [4.69, 9.17) is 9.72 Å². The lowest BCUT2D eigenvalue weighted by Gasteiger charge is -2.27. The molecule has 0 amide bonds. The third-order valence-electron chi connectivity index (χ3n) is 3.90. The Labute approximate surface area is 120 Å². The van der Waals surface area contributed by atoms with Crippen molar-refractivity contribution in [3.05, 3.63) is 35.5 Å². The molecule has 2 heterocycles. The van der Waals surface area contributed by atoms with Crippen LogP contribution in [0.1, 0.15) is 25.0 Å². The highest BCUT2D eigenvalue weighted by Crippen LogP contribution is 2.20. The molecule has 108 valence electrons. The second-order valence-corrected chi connectivity index (χ2v) is 5.63. The number of methoxy groups -OCH3 is 1. The predicted molar refractivity (Wildman–Crippen MR) is 80.9 cm³/mol. The van der Waals surface area contributed by atoms with Crippen molar-refractivity contribution in [1.82, 2.24) is 10.3 Å². The van der Waals surface area contributed by atoms with Crippen molar-refractivity contribution in [2.75, 3.05) is 31.7 Å². The van der Waals surface area contributed by atoms with Gasteiger partial charge < -0.3 is 15.0 Å². The van der Waals surface area contributed by atoms with Gasteiger partial charge >= 0.3 is 0 Å². The first-order valence-corrected chi connectivity index (χ1v) is 7.46. The highest BCUT2D eigenvalue weighted by Gasteiger charge is 2.20. The molecule has 1 aromatic rings. The lowest BCUT2D eigenvalue weighted by molar-refractivity contribution is 0.222. The van der Waals surface area contributed by atoms with Gasteiger partial charge in [-0.1, -0.05) is 12.1 Å². The third kappa shape index (κ3) is 3.58. The standard InChI is InChI=1S/C16H23N3O/c1-20-12-13-7-9-19(10-8-13)16-4-2-3-15(18-16)11-17-14-5-6-14/h2-4,7,14,17H,5-6,8-12H2,1H3. The Balaban J connectivity index is 1.60. The van der Waals surface area contributed by atoms with E-state index >= 15 is 0 Å². The summed E-state index contributed by atoms with van der Waals surface area (Å²) in [5, 5.41) is 3.52. The molecule has 0 spiro atoms. The molecule has 2 aliphatic rings. The lowest BCUT2D eigenvalue weighted by atomic mass is 10.1. The molecule has 1 aliphatic heterocycles. The van der Waals surface area contributed by atoms with E-state index in [-0.39, 0.29) is 0 Å². The lowest BCUT2D eigenvalue weighted by Crippen LogP contribution is -2.30. The SMILES string of the molecule is COCC1=CCN(c2cccc(CNC3CC3)n2)CC1. The molecule has 1 N–H and O–H groups in total. The van der Waals surface area contributed by atoms with Gasteiger partial charge in [0.25, 0.3) is 0 Å². The Bertz CT molecular complexity index is 482. The number of ether oxygens (including phenoxy) is 1. The van der Waals surface area contributed by atoms with Gasteiger partial charge in [-0.3, -0.25) is 0 Å². The maximum atomic E-state index is 5.19. The Morgan fingerprint density at radius 3 is 3.00 bits per heavy atom. The zero-order valence-electron chi connectivity index (χ0n) is 12.1. The minimum Gasteiger partial charge on any atom is -0.380 e. The Morgan fingerprint density at radius 1 is 1.40 bits per heavy atom. The van der Waals surface area contributed by atoms with Gasteiger partial charge in [0.15, 0.2) is 0 Å². The summed E-state index contributed by atoms with van der Waals surface area (Å²) in [5.74, 6) is 1.09. The van der Waals surface area contributed by atoms with E-state index in [2.05, 4.69) is 34.5 Å². The van der Waals surface area contributed by atoms with Crippen LogP contribution in [0.4, 0.5) is 5.82 Å². The zero-order valence-corrected chi connectivity index (χ0v) is 12.1. The van der Waals surface area contributed by atoms with Crippen LogP contribution in [0.5, 0.6) is 0 Å². The number of pyridine rings is 1. The van der Waals surface area contributed by atoms with Crippen LogP contribution in [-0.4, -0.2) is 37.8 Å². The minimum atomic E-state index is 0.731. The molecule has 4 heteroatoms. The van der Waals surface area contributed by atoms with Crippen molar-refractivity contribution in [2.45, 2.75) is 31.8 Å². The number of nitrogens with zero attached hydrogens (tertiary/aromatic N) is 2. The van der Waals surface area contributed by atoms with E-state index in [0.29, 0.717) is 0 Å². The summed E-state index contributed by atoms with van der Waals surface area (Å²) >= 11 is 0. The molecule has 1 fully saturated rings. The monoisotopic (exact) mass is 273 g/mol. The minimum absolute atomic E-state index is 0.731. The molecule has 0 saturated heterocycles. The van der Waals surface area contributed by atoms with Crippen LogP contribution in [0.2, 0.25) is 0 Å². The van der Waals surface area contributed by atoms with E-state index < -0.39 is 0 Å². The van der Waals surface area contributed by atoms with Crippen molar-refractivity contribution >= 4 is 5.82 Å². The second kappa shape index (κ2) is 6.37. The second-order valence-electron chi connectivity index (χ2n) is 5.63. The number of anilines is 1. The van der Waals surface area contributed by atoms with Gasteiger partial charge in [-0.2, -0.15) is 0 Å². The topological polar surface area (TPSA) is 37.4 Å². The zero-order chi connectivity index (χ0) is 13.8. The number of hydrogen-bond acceptors (Lipinski definition) is 4. The number of hydrogen-bond donors (Lipinski definition) is 1. The molecule has 4 nitrogen and oxygen atoms in total. The molecule has 3 rings (SSSR count). The van der Waals surface area contributed by atoms with E-state index in [1.54, 1.807) is 7.11 Å². The normalized spacial score (nSPS) is 19.1. The molecule has 20 heavy (non-hydrogen) atoms. The van der Waals surface area contributed by atoms with Crippen LogP contribution in [-0.2, 0) is 11.3 Å². The van der Waals surface area contributed by atoms with Crippen LogP contribution in [0.25, 0.3) is 0 Å². The largest absolute Gasteiger partial charge is 0.380 e. The summed E-state index contributed by atoms with van der Waals surface area (Å²) in [6, 6.07) is 7.06. The van der Waals surface area contributed by atoms with Crippen LogP contribution in [0.15, 0.2) is 29.8 Å². The molecule has 1 aliphatic carbocycles. The molecule has 0 radical (unpaired) electrons. The summed E-state index contributed by atoms with van der Waals surface area (Å²) < 4.78 is 5.19. The molecule has 0 bridgehead atoms. The fraction of sp³-hybridized carbons (Fsp3) is 0.562. The molecular formula is C16H23N3O. The molecule has 0 atom stereocenters. The van der Waals surface area contributed by atoms with E-state index in [1.165, 1.54) is 18.4 Å². The van der Waals surface area contributed by atoms with Crippen LogP contribution in [0.3, 0.4) is 0 Å². The highest BCUT2D eigenvalue weighted by molar-refractivity contribution is 5.42. The van der Waals surface area contributed by atoms with Crippen molar-refractivity contribution in [3.63, 3.8) is 0 Å². The van der Waals surface area contributed by atoms with Gasteiger partial charge in [0.1, 0.15) is 5.82 Å². The maximum Gasteiger partial charge on any atom is 0.129 e. The Hall–Kier alpha value is -1.39. The maximum absolute atomic E-state index is 5.19. The average molecular weight is 273 g/mol. The van der Waals surface area contributed by atoms with Gasteiger partial charge in [0, 0.05) is 32.8 Å². The van der Waals surface area contributed by atoms with Gasteiger partial charge in [-0.25, -0.2) is 4.98 Å². The third-order valence-corrected chi connectivity index (χ3v) is 3.90. The fourth-order valence-electron chi connectivity index (χ4n) is 2.51. The Morgan fingerprint density at radius 2 is 2.30 bits per heavy atom. The van der Waals surface area contributed by atoms with Gasteiger partial charge in [-0.05, 0) is 37.0 Å². The first kappa shape index (κ1) is 13.6. The molecule has 1 saturated carbocycles. The number of aromatic nitrogens is 1. The van der Waals surface area contributed by atoms with Crippen molar-refractivity contribution in [1.29, 1.82) is 0 Å². The predicted octanol–water partition coefficient (Wildman–Crippen LogP) is 2.12. The summed E-state index contributed by atoms with van der Waals surface area (Å²) in [5.41, 5.74) is 2.54. The summed E-state index contributed by atoms with van der Waals surface area (Å²) in [7, 11) is 1.76. The molecular weight excluding hydrogens is 250 g/mol. The van der Waals surface area contributed by atoms with Crippen LogP contribution < -0.4 is 10.2 Å². The van der Waals surface area contributed by atoms with E-state index in [1.807, 2.05) is 0 Å². The average Bonchev–Trinajstić information content (AvgIpc) is 3.31. The van der Waals surface area contributed by atoms with Crippen molar-refractivity contribution < 1.29 is 4.74 Å². The van der Waals surface area contributed by atoms with E-state index in [0.717, 1.165) is 50.2 Å². The van der Waals surface area contributed by atoms with E-state index in [9.17, 15) is 0 Å². The molecule has 0 aromatic carbocycles. The first-order valence-electron chi connectivity index (χ1n) is 7.46. The molecule has 0 unspecified atom stereocenters. The van der Waals surface area contributed by atoms with Gasteiger partial charge in [-0.15, -0.1) is 0 Å².